The maximum absolute atomic E-state index is 5.89. The second-order valence-electron chi connectivity index (χ2n) is 2.60. The van der Waals surface area contributed by atoms with Gasteiger partial charge in [-0.15, -0.1) is 0 Å². The van der Waals surface area contributed by atoms with E-state index in [0.29, 0.717) is 19.1 Å². The third-order valence-electron chi connectivity index (χ3n) is 1.66. The first kappa shape index (κ1) is 11.2. The summed E-state index contributed by atoms with van der Waals surface area (Å²) in [6, 6.07) is 0. The molecule has 2 unspecified atom stereocenters. The monoisotopic (exact) mass is 180 g/mol. The maximum atomic E-state index is 5.89. The normalized spacial score (nSPS) is 16.4. The van der Waals surface area contributed by atoms with Gasteiger partial charge in [0.2, 0.25) is 0 Å². The van der Waals surface area contributed by atoms with Crippen molar-refractivity contribution in [2.24, 2.45) is 5.92 Å². The standard InChI is InChI=1S/C8H17ClO2/c1-4-7(2)8(9)11-6-5-10-3/h7-8H,4-6H2,1-3H3. The fraction of sp³-hybridized carbons (Fsp3) is 1.00. The molecule has 0 spiro atoms. The van der Waals surface area contributed by atoms with E-state index in [-0.39, 0.29) is 5.56 Å². The maximum Gasteiger partial charge on any atom is 0.133 e. The summed E-state index contributed by atoms with van der Waals surface area (Å²) in [5, 5.41) is 0. The van der Waals surface area contributed by atoms with Gasteiger partial charge < -0.3 is 9.47 Å². The predicted octanol–water partition coefficient (Wildman–Crippen LogP) is 2.26. The smallest absolute Gasteiger partial charge is 0.133 e. The van der Waals surface area contributed by atoms with Gasteiger partial charge in [0.1, 0.15) is 5.56 Å². The Morgan fingerprint density at radius 3 is 2.45 bits per heavy atom. The second-order valence-corrected chi connectivity index (χ2v) is 3.03. The lowest BCUT2D eigenvalue weighted by atomic mass is 10.1. The van der Waals surface area contributed by atoms with Gasteiger partial charge in [0.05, 0.1) is 13.2 Å². The van der Waals surface area contributed by atoms with E-state index < -0.39 is 0 Å². The van der Waals surface area contributed by atoms with E-state index in [4.69, 9.17) is 21.1 Å². The van der Waals surface area contributed by atoms with Gasteiger partial charge in [-0.1, -0.05) is 25.4 Å². The first-order valence-electron chi connectivity index (χ1n) is 3.97. The molecule has 0 aliphatic rings. The van der Waals surface area contributed by atoms with Gasteiger partial charge in [-0.3, -0.25) is 0 Å². The SMILES string of the molecule is CCC(C)C(Cl)OCCOC. The molecule has 3 heteroatoms. The molecule has 0 fully saturated rings. The van der Waals surface area contributed by atoms with Crippen molar-refractivity contribution in [1.29, 1.82) is 0 Å². The molecule has 0 aliphatic heterocycles. The second kappa shape index (κ2) is 6.89. The zero-order valence-electron chi connectivity index (χ0n) is 7.47. The Labute approximate surface area is 73.8 Å². The topological polar surface area (TPSA) is 18.5 Å². The summed E-state index contributed by atoms with van der Waals surface area (Å²) >= 11 is 5.89. The Balaban J connectivity index is 3.28. The summed E-state index contributed by atoms with van der Waals surface area (Å²) in [4.78, 5) is 0. The molecule has 0 saturated heterocycles. The quantitative estimate of drug-likeness (QED) is 0.461. The Kier molecular flexibility index (Phi) is 7.02. The molecule has 0 saturated carbocycles. The van der Waals surface area contributed by atoms with Crippen molar-refractivity contribution < 1.29 is 9.47 Å². The van der Waals surface area contributed by atoms with Crippen molar-refractivity contribution in [3.8, 4) is 0 Å². The molecule has 0 heterocycles. The van der Waals surface area contributed by atoms with E-state index in [2.05, 4.69) is 13.8 Å². The number of ether oxygens (including phenoxy) is 2. The summed E-state index contributed by atoms with van der Waals surface area (Å²) in [6.07, 6.45) is 1.04. The molecule has 0 aromatic carbocycles. The summed E-state index contributed by atoms with van der Waals surface area (Å²) in [6.45, 7) is 5.36. The van der Waals surface area contributed by atoms with Gasteiger partial charge in [0.25, 0.3) is 0 Å². The van der Waals surface area contributed by atoms with Crippen LogP contribution in [0.5, 0.6) is 0 Å². The van der Waals surface area contributed by atoms with Crippen molar-refractivity contribution >= 4 is 11.6 Å². The molecule has 11 heavy (non-hydrogen) atoms. The highest BCUT2D eigenvalue weighted by molar-refractivity contribution is 6.19. The van der Waals surface area contributed by atoms with Crippen LogP contribution in [-0.2, 0) is 9.47 Å². The Bertz CT molecular complexity index is 88.2. The van der Waals surface area contributed by atoms with Crippen molar-refractivity contribution in [3.05, 3.63) is 0 Å². The fourth-order valence-corrected chi connectivity index (χ4v) is 0.861. The van der Waals surface area contributed by atoms with Crippen molar-refractivity contribution in [2.45, 2.75) is 25.8 Å². The number of rotatable bonds is 6. The van der Waals surface area contributed by atoms with E-state index in [1.807, 2.05) is 0 Å². The fourth-order valence-electron chi connectivity index (χ4n) is 0.594. The highest BCUT2D eigenvalue weighted by Gasteiger charge is 2.11. The van der Waals surface area contributed by atoms with Gasteiger partial charge >= 0.3 is 0 Å². The Morgan fingerprint density at radius 2 is 2.00 bits per heavy atom. The zero-order valence-corrected chi connectivity index (χ0v) is 8.23. The molecule has 2 atom stereocenters. The summed E-state index contributed by atoms with van der Waals surface area (Å²) in [5.41, 5.74) is -0.171. The summed E-state index contributed by atoms with van der Waals surface area (Å²) in [7, 11) is 1.65. The Morgan fingerprint density at radius 1 is 1.36 bits per heavy atom. The van der Waals surface area contributed by atoms with Gasteiger partial charge in [-0.25, -0.2) is 0 Å². The number of halogens is 1. The van der Waals surface area contributed by atoms with E-state index in [0.717, 1.165) is 6.42 Å². The van der Waals surface area contributed by atoms with Gasteiger partial charge in [-0.05, 0) is 12.3 Å². The van der Waals surface area contributed by atoms with Gasteiger partial charge in [-0.2, -0.15) is 0 Å². The largest absolute Gasteiger partial charge is 0.382 e. The molecule has 2 nitrogen and oxygen atoms in total. The minimum Gasteiger partial charge on any atom is -0.382 e. The van der Waals surface area contributed by atoms with Crippen molar-refractivity contribution in [1.82, 2.24) is 0 Å². The highest BCUT2D eigenvalue weighted by atomic mass is 35.5. The first-order chi connectivity index (χ1) is 5.22. The van der Waals surface area contributed by atoms with Crippen LogP contribution in [0.3, 0.4) is 0 Å². The van der Waals surface area contributed by atoms with Crippen molar-refractivity contribution in [2.75, 3.05) is 20.3 Å². The average Bonchev–Trinajstić information content (AvgIpc) is 2.03. The summed E-state index contributed by atoms with van der Waals surface area (Å²) < 4.78 is 10.1. The number of hydrogen-bond acceptors (Lipinski definition) is 2. The first-order valence-corrected chi connectivity index (χ1v) is 4.40. The van der Waals surface area contributed by atoms with E-state index in [9.17, 15) is 0 Å². The molecule has 0 rings (SSSR count). The Hall–Kier alpha value is 0.210. The zero-order chi connectivity index (χ0) is 8.69. The van der Waals surface area contributed by atoms with E-state index >= 15 is 0 Å². The number of hydrogen-bond donors (Lipinski definition) is 0. The van der Waals surface area contributed by atoms with Crippen LogP contribution in [0.1, 0.15) is 20.3 Å². The lowest BCUT2D eigenvalue weighted by Gasteiger charge is -2.16. The molecule has 0 aliphatic carbocycles. The third kappa shape index (κ3) is 5.48. The van der Waals surface area contributed by atoms with Crippen LogP contribution in [0.4, 0.5) is 0 Å². The molecule has 0 aromatic rings. The molecule has 0 radical (unpaired) electrons. The van der Waals surface area contributed by atoms with Gasteiger partial charge in [0.15, 0.2) is 0 Å². The van der Waals surface area contributed by atoms with E-state index in [1.165, 1.54) is 0 Å². The third-order valence-corrected chi connectivity index (χ3v) is 2.21. The van der Waals surface area contributed by atoms with Gasteiger partial charge in [0, 0.05) is 7.11 Å². The minimum atomic E-state index is -0.171. The molecular formula is C8H17ClO2. The minimum absolute atomic E-state index is 0.171. The van der Waals surface area contributed by atoms with Crippen LogP contribution in [0.25, 0.3) is 0 Å². The number of methoxy groups -OCH3 is 1. The number of alkyl halides is 1. The van der Waals surface area contributed by atoms with E-state index in [1.54, 1.807) is 7.11 Å². The van der Waals surface area contributed by atoms with Crippen LogP contribution >= 0.6 is 11.6 Å². The average molecular weight is 181 g/mol. The molecule has 0 N–H and O–H groups in total. The van der Waals surface area contributed by atoms with Crippen molar-refractivity contribution in [3.63, 3.8) is 0 Å². The molecular weight excluding hydrogens is 164 g/mol. The molecule has 0 aromatic heterocycles. The summed E-state index contributed by atoms with van der Waals surface area (Å²) in [5.74, 6) is 0.411. The molecule has 0 bridgehead atoms. The highest BCUT2D eigenvalue weighted by Crippen LogP contribution is 2.14. The lowest BCUT2D eigenvalue weighted by molar-refractivity contribution is 0.0321. The van der Waals surface area contributed by atoms with Crippen LogP contribution in [0.2, 0.25) is 0 Å². The molecule has 0 amide bonds. The lowest BCUT2D eigenvalue weighted by Crippen LogP contribution is -2.17. The van der Waals surface area contributed by atoms with Crippen LogP contribution in [0.15, 0.2) is 0 Å². The predicted molar refractivity (Wildman–Crippen MR) is 46.9 cm³/mol. The molecule has 68 valence electrons. The van der Waals surface area contributed by atoms with Crippen LogP contribution in [0, 0.1) is 5.92 Å². The van der Waals surface area contributed by atoms with Crippen LogP contribution in [-0.4, -0.2) is 25.9 Å². The van der Waals surface area contributed by atoms with Crippen LogP contribution < -0.4 is 0 Å².